The van der Waals surface area contributed by atoms with Crippen molar-refractivity contribution in [2.75, 3.05) is 62.8 Å². The van der Waals surface area contributed by atoms with E-state index in [2.05, 4.69) is 0 Å². The third-order valence-electron chi connectivity index (χ3n) is 6.83. The van der Waals surface area contributed by atoms with Crippen molar-refractivity contribution >= 4 is 27.3 Å². The number of ether oxygens (including phenoxy) is 3. The fraction of sp³-hybridized carbons (Fsp3) is 0.345. The molecule has 0 aromatic heterocycles. The van der Waals surface area contributed by atoms with Crippen LogP contribution in [-0.2, 0) is 21.0 Å². The Bertz CT molecular complexity index is 1490. The van der Waals surface area contributed by atoms with Crippen molar-refractivity contribution in [3.8, 4) is 17.2 Å². The van der Waals surface area contributed by atoms with Crippen LogP contribution in [0, 0.1) is 0 Å². The van der Waals surface area contributed by atoms with Crippen molar-refractivity contribution in [2.24, 2.45) is 0 Å². The van der Waals surface area contributed by atoms with Crippen molar-refractivity contribution in [3.63, 3.8) is 0 Å². The number of carbonyl (C=O) groups excluding carboxylic acids is 1. The Morgan fingerprint density at radius 3 is 2.17 bits per heavy atom. The maximum absolute atomic E-state index is 13.9. The van der Waals surface area contributed by atoms with Crippen LogP contribution in [0.5, 0.6) is 17.2 Å². The summed E-state index contributed by atoms with van der Waals surface area (Å²) in [4.78, 5) is 16.6. The molecule has 0 atom stereocenters. The number of hydrogen-bond acceptors (Lipinski definition) is 7. The third-order valence-corrected chi connectivity index (χ3v) is 8.60. The van der Waals surface area contributed by atoms with E-state index in [0.29, 0.717) is 36.9 Å². The summed E-state index contributed by atoms with van der Waals surface area (Å²) in [6.07, 6.45) is -4.46. The second-order valence-electron chi connectivity index (χ2n) is 9.37. The lowest BCUT2D eigenvalue weighted by Gasteiger charge is -2.37. The molecule has 1 fully saturated rings. The van der Waals surface area contributed by atoms with Gasteiger partial charge in [-0.3, -0.25) is 9.10 Å². The van der Waals surface area contributed by atoms with Crippen LogP contribution in [0.2, 0.25) is 0 Å². The van der Waals surface area contributed by atoms with Gasteiger partial charge in [0.1, 0.15) is 12.3 Å². The first-order valence-corrected chi connectivity index (χ1v) is 14.6. The van der Waals surface area contributed by atoms with Crippen LogP contribution < -0.4 is 23.4 Å². The molecular formula is C29H32F3N3O6S. The second-order valence-corrected chi connectivity index (χ2v) is 11.2. The summed E-state index contributed by atoms with van der Waals surface area (Å²) >= 11 is 0. The molecule has 0 spiro atoms. The van der Waals surface area contributed by atoms with Crippen LogP contribution in [0.1, 0.15) is 12.5 Å². The van der Waals surface area contributed by atoms with Gasteiger partial charge in [0, 0.05) is 37.9 Å². The van der Waals surface area contributed by atoms with Crippen LogP contribution in [0.3, 0.4) is 0 Å². The van der Waals surface area contributed by atoms with E-state index in [1.807, 2.05) is 6.92 Å². The number of sulfonamides is 1. The molecule has 0 bridgehead atoms. The van der Waals surface area contributed by atoms with Gasteiger partial charge in [-0.2, -0.15) is 13.2 Å². The number of alkyl halides is 3. The average molecular weight is 608 g/mol. The molecule has 1 aliphatic heterocycles. The molecule has 3 aromatic rings. The van der Waals surface area contributed by atoms with Gasteiger partial charge >= 0.3 is 6.18 Å². The Hall–Kier alpha value is -4.13. The van der Waals surface area contributed by atoms with Gasteiger partial charge in [-0.05, 0) is 61.5 Å². The number of anilines is 2. The molecule has 1 heterocycles. The number of methoxy groups -OCH3 is 2. The minimum absolute atomic E-state index is 0.101. The molecular weight excluding hydrogens is 575 g/mol. The zero-order chi connectivity index (χ0) is 30.5. The minimum atomic E-state index is -4.46. The highest BCUT2D eigenvalue weighted by atomic mass is 32.2. The Morgan fingerprint density at radius 1 is 0.905 bits per heavy atom. The van der Waals surface area contributed by atoms with Crippen LogP contribution in [-0.4, -0.2) is 72.8 Å². The number of halogens is 3. The molecule has 1 aliphatic rings. The summed E-state index contributed by atoms with van der Waals surface area (Å²) in [5, 5.41) is 0. The number of benzene rings is 3. The molecule has 0 N–H and O–H groups in total. The van der Waals surface area contributed by atoms with E-state index in [4.69, 9.17) is 14.2 Å². The topological polar surface area (TPSA) is 88.6 Å². The van der Waals surface area contributed by atoms with E-state index < -0.39 is 34.2 Å². The lowest BCUT2D eigenvalue weighted by Crippen LogP contribution is -2.52. The monoisotopic (exact) mass is 607 g/mol. The molecule has 0 unspecified atom stereocenters. The summed E-state index contributed by atoms with van der Waals surface area (Å²) in [5.41, 5.74) is -0.0852. The van der Waals surface area contributed by atoms with Gasteiger partial charge in [0.25, 0.3) is 10.0 Å². The molecule has 226 valence electrons. The van der Waals surface area contributed by atoms with Crippen molar-refractivity contribution in [1.82, 2.24) is 4.90 Å². The first-order valence-electron chi connectivity index (χ1n) is 13.2. The van der Waals surface area contributed by atoms with Crippen LogP contribution in [0.15, 0.2) is 71.6 Å². The maximum atomic E-state index is 13.9. The fourth-order valence-corrected chi connectivity index (χ4v) is 6.04. The first-order chi connectivity index (χ1) is 20.0. The Balaban J connectivity index is 1.56. The molecule has 3 aromatic carbocycles. The van der Waals surface area contributed by atoms with E-state index in [0.717, 1.165) is 16.4 Å². The third kappa shape index (κ3) is 6.84. The molecule has 0 radical (unpaired) electrons. The minimum Gasteiger partial charge on any atom is -0.494 e. The number of hydrogen-bond donors (Lipinski definition) is 0. The lowest BCUT2D eigenvalue weighted by atomic mass is 10.1. The van der Waals surface area contributed by atoms with E-state index >= 15 is 0 Å². The van der Waals surface area contributed by atoms with Gasteiger partial charge in [-0.1, -0.05) is 6.07 Å². The van der Waals surface area contributed by atoms with E-state index in [-0.39, 0.29) is 29.4 Å². The zero-order valence-electron chi connectivity index (χ0n) is 23.4. The number of rotatable bonds is 10. The van der Waals surface area contributed by atoms with E-state index in [9.17, 15) is 26.4 Å². The molecule has 0 saturated carbocycles. The highest BCUT2D eigenvalue weighted by Gasteiger charge is 2.33. The number of amides is 1. The Kier molecular flexibility index (Phi) is 9.40. The van der Waals surface area contributed by atoms with Gasteiger partial charge in [0.05, 0.1) is 37.0 Å². The van der Waals surface area contributed by atoms with Crippen LogP contribution >= 0.6 is 0 Å². The van der Waals surface area contributed by atoms with Gasteiger partial charge in [-0.15, -0.1) is 0 Å². The van der Waals surface area contributed by atoms with Gasteiger partial charge < -0.3 is 24.0 Å². The standard InChI is InChI=1S/C29H32F3N3O6S/c1-4-41-24-10-8-22(9-11-24)35(42(37,38)25-12-13-26(39-2)27(19-25)40-3)20-28(36)34-16-14-33(15-17-34)23-7-5-6-21(18-23)29(30,31)32/h5-13,18-19H,4,14-17,20H2,1-3H3. The van der Waals surface area contributed by atoms with Crippen LogP contribution in [0.4, 0.5) is 24.5 Å². The summed E-state index contributed by atoms with van der Waals surface area (Å²) < 4.78 is 84.4. The highest BCUT2D eigenvalue weighted by molar-refractivity contribution is 7.92. The number of nitrogens with zero attached hydrogens (tertiary/aromatic N) is 3. The number of carbonyl (C=O) groups is 1. The van der Waals surface area contributed by atoms with Crippen molar-refractivity contribution in [2.45, 2.75) is 18.0 Å². The van der Waals surface area contributed by atoms with Crippen molar-refractivity contribution in [3.05, 3.63) is 72.3 Å². The predicted octanol–water partition coefficient (Wildman–Crippen LogP) is 4.67. The molecule has 4 rings (SSSR count). The normalized spacial score (nSPS) is 14.0. The predicted molar refractivity (Wildman–Crippen MR) is 152 cm³/mol. The zero-order valence-corrected chi connectivity index (χ0v) is 24.2. The highest BCUT2D eigenvalue weighted by Crippen LogP contribution is 2.34. The first kappa shape index (κ1) is 30.8. The Labute approximate surface area is 243 Å². The van der Waals surface area contributed by atoms with Crippen molar-refractivity contribution in [1.29, 1.82) is 0 Å². The summed E-state index contributed by atoms with van der Waals surface area (Å²) in [6, 6.07) is 15.6. The largest absolute Gasteiger partial charge is 0.494 e. The van der Waals surface area contributed by atoms with Gasteiger partial charge in [0.15, 0.2) is 11.5 Å². The summed E-state index contributed by atoms with van der Waals surface area (Å²) in [6.45, 7) is 2.77. The quantitative estimate of drug-likeness (QED) is 0.331. The van der Waals surface area contributed by atoms with Crippen molar-refractivity contribution < 1.29 is 40.6 Å². The lowest BCUT2D eigenvalue weighted by molar-refractivity contribution is -0.137. The Morgan fingerprint density at radius 2 is 1.57 bits per heavy atom. The van der Waals surface area contributed by atoms with Crippen LogP contribution in [0.25, 0.3) is 0 Å². The SMILES string of the molecule is CCOc1ccc(N(CC(=O)N2CCN(c3cccc(C(F)(F)F)c3)CC2)S(=O)(=O)c2ccc(OC)c(OC)c2)cc1. The summed E-state index contributed by atoms with van der Waals surface area (Å²) in [7, 11) is -1.43. The molecule has 42 heavy (non-hydrogen) atoms. The van der Waals surface area contributed by atoms with E-state index in [1.54, 1.807) is 35.2 Å². The van der Waals surface area contributed by atoms with Gasteiger partial charge in [0.2, 0.25) is 5.91 Å². The molecule has 1 saturated heterocycles. The number of piperazine rings is 1. The maximum Gasteiger partial charge on any atom is 0.416 e. The molecule has 1 amide bonds. The fourth-order valence-electron chi connectivity index (χ4n) is 4.61. The molecule has 13 heteroatoms. The smallest absolute Gasteiger partial charge is 0.416 e. The molecule has 9 nitrogen and oxygen atoms in total. The average Bonchev–Trinajstić information content (AvgIpc) is 2.99. The molecule has 0 aliphatic carbocycles. The van der Waals surface area contributed by atoms with Gasteiger partial charge in [-0.25, -0.2) is 8.42 Å². The van der Waals surface area contributed by atoms with E-state index in [1.165, 1.54) is 43.4 Å². The summed E-state index contributed by atoms with van der Waals surface area (Å²) in [5.74, 6) is 0.652. The second kappa shape index (κ2) is 12.8.